The average Bonchev–Trinajstić information content (AvgIpc) is 2.53. The van der Waals surface area contributed by atoms with Crippen molar-refractivity contribution < 1.29 is 5.11 Å². The van der Waals surface area contributed by atoms with E-state index in [1.165, 1.54) is 5.56 Å². The van der Waals surface area contributed by atoms with Crippen molar-refractivity contribution in [2.24, 2.45) is 5.92 Å². The fraction of sp³-hybridized carbons (Fsp3) is 0.625. The van der Waals surface area contributed by atoms with Crippen LogP contribution in [-0.4, -0.2) is 41.8 Å². The molecule has 1 aromatic rings. The normalized spacial score (nSPS) is 23.0. The molecule has 2 rings (SSSR count). The summed E-state index contributed by atoms with van der Waals surface area (Å²) in [6, 6.07) is 10.7. The van der Waals surface area contributed by atoms with E-state index in [4.69, 9.17) is 0 Å². The summed E-state index contributed by atoms with van der Waals surface area (Å²) in [5, 5.41) is 13.8. The second-order valence-electron chi connectivity index (χ2n) is 5.98. The smallest absolute Gasteiger partial charge is 0.0820 e. The first-order valence-electron chi connectivity index (χ1n) is 7.33. The molecule has 0 aromatic heterocycles. The van der Waals surface area contributed by atoms with Crippen molar-refractivity contribution in [3.05, 3.63) is 35.9 Å². The average molecular weight is 335 g/mol. The minimum Gasteiger partial charge on any atom is -0.390 e. The van der Waals surface area contributed by atoms with E-state index in [2.05, 4.69) is 48.3 Å². The van der Waals surface area contributed by atoms with E-state index in [-0.39, 0.29) is 37.0 Å². The molecule has 1 aliphatic heterocycles. The van der Waals surface area contributed by atoms with E-state index in [0.29, 0.717) is 5.92 Å². The van der Waals surface area contributed by atoms with E-state index in [9.17, 15) is 5.11 Å². The van der Waals surface area contributed by atoms with Crippen LogP contribution in [0.3, 0.4) is 0 Å². The van der Waals surface area contributed by atoms with Gasteiger partial charge >= 0.3 is 0 Å². The van der Waals surface area contributed by atoms with Gasteiger partial charge in [-0.2, -0.15) is 0 Å². The van der Waals surface area contributed by atoms with E-state index in [1.807, 2.05) is 6.07 Å². The number of aliphatic hydroxyl groups excluding tert-OH is 1. The van der Waals surface area contributed by atoms with Gasteiger partial charge in [0.05, 0.1) is 6.10 Å². The molecule has 0 amide bonds. The molecule has 2 atom stereocenters. The van der Waals surface area contributed by atoms with Gasteiger partial charge in [-0.25, -0.2) is 0 Å². The SMILES string of the molecule is CC(C)C[C@H]1NCCN(Cc2ccccc2)C[C@@H]1O.Cl.Cl. The number of rotatable bonds is 4. The van der Waals surface area contributed by atoms with Crippen molar-refractivity contribution >= 4 is 24.8 Å². The molecule has 2 N–H and O–H groups in total. The van der Waals surface area contributed by atoms with E-state index < -0.39 is 0 Å². The summed E-state index contributed by atoms with van der Waals surface area (Å²) in [5.41, 5.74) is 1.32. The minimum atomic E-state index is -0.270. The third-order valence-electron chi connectivity index (χ3n) is 3.72. The van der Waals surface area contributed by atoms with Crippen LogP contribution >= 0.6 is 24.8 Å². The van der Waals surface area contributed by atoms with Crippen LogP contribution in [0.15, 0.2) is 30.3 Å². The van der Waals surface area contributed by atoms with Gasteiger partial charge in [0, 0.05) is 32.2 Å². The molecule has 122 valence electrons. The fourth-order valence-electron chi connectivity index (χ4n) is 2.76. The molecule has 1 heterocycles. The van der Waals surface area contributed by atoms with Gasteiger partial charge in [0.15, 0.2) is 0 Å². The van der Waals surface area contributed by atoms with Gasteiger partial charge < -0.3 is 10.4 Å². The molecule has 3 nitrogen and oxygen atoms in total. The molecule has 0 unspecified atom stereocenters. The Morgan fingerprint density at radius 1 is 1.24 bits per heavy atom. The van der Waals surface area contributed by atoms with Crippen molar-refractivity contribution in [3.8, 4) is 0 Å². The lowest BCUT2D eigenvalue weighted by atomic mass is 9.99. The van der Waals surface area contributed by atoms with Crippen LogP contribution in [0, 0.1) is 5.92 Å². The van der Waals surface area contributed by atoms with Crippen molar-refractivity contribution in [2.75, 3.05) is 19.6 Å². The molecule has 21 heavy (non-hydrogen) atoms. The predicted molar refractivity (Wildman–Crippen MR) is 93.5 cm³/mol. The molecule has 1 fully saturated rings. The van der Waals surface area contributed by atoms with Gasteiger partial charge in [-0.15, -0.1) is 24.8 Å². The first-order chi connectivity index (χ1) is 9.15. The van der Waals surface area contributed by atoms with Crippen molar-refractivity contribution in [3.63, 3.8) is 0 Å². The van der Waals surface area contributed by atoms with Crippen LogP contribution in [0.1, 0.15) is 25.8 Å². The first-order valence-corrected chi connectivity index (χ1v) is 7.33. The molecule has 0 radical (unpaired) electrons. The van der Waals surface area contributed by atoms with Gasteiger partial charge in [0.2, 0.25) is 0 Å². The van der Waals surface area contributed by atoms with Crippen LogP contribution in [0.5, 0.6) is 0 Å². The summed E-state index contributed by atoms with van der Waals surface area (Å²) in [6.45, 7) is 8.07. The Morgan fingerprint density at radius 2 is 1.90 bits per heavy atom. The number of aliphatic hydroxyl groups is 1. The number of halogens is 2. The lowest BCUT2D eigenvalue weighted by Gasteiger charge is -2.25. The monoisotopic (exact) mass is 334 g/mol. The zero-order valence-electron chi connectivity index (χ0n) is 12.9. The molecule has 0 aliphatic carbocycles. The number of nitrogens with zero attached hydrogens (tertiary/aromatic N) is 1. The molecule has 5 heteroatoms. The van der Waals surface area contributed by atoms with Crippen molar-refractivity contribution in [1.82, 2.24) is 10.2 Å². The molecular weight excluding hydrogens is 307 g/mol. The highest BCUT2D eigenvalue weighted by Gasteiger charge is 2.25. The summed E-state index contributed by atoms with van der Waals surface area (Å²) < 4.78 is 0. The third kappa shape index (κ3) is 6.98. The topological polar surface area (TPSA) is 35.5 Å². The highest BCUT2D eigenvalue weighted by Crippen LogP contribution is 2.13. The maximum Gasteiger partial charge on any atom is 0.0820 e. The predicted octanol–water partition coefficient (Wildman–Crippen LogP) is 2.71. The fourth-order valence-corrected chi connectivity index (χ4v) is 2.76. The lowest BCUT2D eigenvalue weighted by Crippen LogP contribution is -2.42. The largest absolute Gasteiger partial charge is 0.390 e. The summed E-state index contributed by atoms with van der Waals surface area (Å²) in [7, 11) is 0. The maximum atomic E-state index is 10.3. The maximum absolute atomic E-state index is 10.3. The van der Waals surface area contributed by atoms with Gasteiger partial charge in [0.25, 0.3) is 0 Å². The first kappa shape index (κ1) is 20.7. The molecule has 0 bridgehead atoms. The Morgan fingerprint density at radius 3 is 2.52 bits per heavy atom. The van der Waals surface area contributed by atoms with E-state index in [1.54, 1.807) is 0 Å². The van der Waals surface area contributed by atoms with Crippen molar-refractivity contribution in [2.45, 2.75) is 39.0 Å². The number of β-amino-alcohol motifs (C(OH)–C–C–N with tert-alkyl or cyclic N) is 1. The highest BCUT2D eigenvalue weighted by molar-refractivity contribution is 5.85. The summed E-state index contributed by atoms with van der Waals surface area (Å²) >= 11 is 0. The molecule has 1 aliphatic rings. The third-order valence-corrected chi connectivity index (χ3v) is 3.72. The number of benzene rings is 1. The standard InChI is InChI=1S/C16H26N2O.2ClH/c1-13(2)10-15-16(19)12-18(9-8-17-15)11-14-6-4-3-5-7-14;;/h3-7,13,15-17,19H,8-12H2,1-2H3;2*1H/t15-,16+;;/m1../s1. The van der Waals surface area contributed by atoms with E-state index >= 15 is 0 Å². The Labute approximate surface area is 140 Å². The summed E-state index contributed by atoms with van der Waals surface area (Å²) in [4.78, 5) is 2.34. The van der Waals surface area contributed by atoms with Crippen LogP contribution in [0.25, 0.3) is 0 Å². The minimum absolute atomic E-state index is 0. The number of nitrogens with one attached hydrogen (secondary N) is 1. The Bertz CT molecular complexity index is 376. The molecular formula is C16H28Cl2N2O. The Kier molecular flexibility index (Phi) is 10.3. The summed E-state index contributed by atoms with van der Waals surface area (Å²) in [6.07, 6.45) is 0.772. The van der Waals surface area contributed by atoms with Gasteiger partial charge in [-0.05, 0) is 17.9 Å². The molecule has 1 saturated heterocycles. The Hall–Kier alpha value is -0.320. The lowest BCUT2D eigenvalue weighted by molar-refractivity contribution is 0.0906. The highest BCUT2D eigenvalue weighted by atomic mass is 35.5. The molecule has 0 saturated carbocycles. The zero-order valence-corrected chi connectivity index (χ0v) is 14.5. The second-order valence-corrected chi connectivity index (χ2v) is 5.98. The van der Waals surface area contributed by atoms with Gasteiger partial charge in [-0.3, -0.25) is 4.90 Å². The van der Waals surface area contributed by atoms with Crippen molar-refractivity contribution in [1.29, 1.82) is 0 Å². The van der Waals surface area contributed by atoms with Crippen LogP contribution < -0.4 is 5.32 Å². The summed E-state index contributed by atoms with van der Waals surface area (Å²) in [5.74, 6) is 0.618. The Balaban J connectivity index is 0.00000200. The van der Waals surface area contributed by atoms with E-state index in [0.717, 1.165) is 32.6 Å². The van der Waals surface area contributed by atoms with Crippen LogP contribution in [0.4, 0.5) is 0 Å². The quantitative estimate of drug-likeness (QED) is 0.888. The zero-order chi connectivity index (χ0) is 13.7. The molecule has 0 spiro atoms. The van der Waals surface area contributed by atoms with Gasteiger partial charge in [-0.1, -0.05) is 44.2 Å². The molecule has 1 aromatic carbocycles. The van der Waals surface area contributed by atoms with Gasteiger partial charge in [0.1, 0.15) is 0 Å². The van der Waals surface area contributed by atoms with Crippen LogP contribution in [0.2, 0.25) is 0 Å². The number of hydrogen-bond donors (Lipinski definition) is 2. The van der Waals surface area contributed by atoms with Crippen LogP contribution in [-0.2, 0) is 6.54 Å². The number of hydrogen-bond acceptors (Lipinski definition) is 3. The second kappa shape index (κ2) is 10.4.